The first-order valence-electron chi connectivity index (χ1n) is 12.3. The van der Waals surface area contributed by atoms with Crippen molar-refractivity contribution in [1.29, 1.82) is 0 Å². The molecule has 0 radical (unpaired) electrons. The van der Waals surface area contributed by atoms with Crippen molar-refractivity contribution in [3.63, 3.8) is 0 Å². The fourth-order valence-electron chi connectivity index (χ4n) is 3.63. The Balaban J connectivity index is 3.01. The van der Waals surface area contributed by atoms with Crippen molar-refractivity contribution in [1.82, 2.24) is 0 Å². The van der Waals surface area contributed by atoms with E-state index < -0.39 is 0 Å². The maximum absolute atomic E-state index is 5.50. The fraction of sp³-hybridized carbons (Fsp3) is 0.920. The quantitative estimate of drug-likeness (QED) is 0.151. The van der Waals surface area contributed by atoms with Crippen LogP contribution in [0.4, 0.5) is 0 Å². The topological polar surface area (TPSA) is 26.0 Å². The fourth-order valence-corrected chi connectivity index (χ4v) is 3.63. The summed E-state index contributed by atoms with van der Waals surface area (Å²) in [5.41, 5.74) is 5.50. The highest BCUT2D eigenvalue weighted by molar-refractivity contribution is 4.81. The van der Waals surface area contributed by atoms with Gasteiger partial charge in [0, 0.05) is 0 Å². The first-order chi connectivity index (χ1) is 12.9. The number of allylic oxidation sites excluding steroid dienone is 2. The Morgan fingerprint density at radius 1 is 0.423 bits per heavy atom. The van der Waals surface area contributed by atoms with Gasteiger partial charge in [0.1, 0.15) is 0 Å². The Hall–Kier alpha value is -0.300. The molecule has 26 heavy (non-hydrogen) atoms. The summed E-state index contributed by atoms with van der Waals surface area (Å²) in [6, 6.07) is 0. The molecule has 0 heterocycles. The van der Waals surface area contributed by atoms with Gasteiger partial charge in [0.15, 0.2) is 0 Å². The van der Waals surface area contributed by atoms with Gasteiger partial charge in [-0.25, -0.2) is 0 Å². The summed E-state index contributed by atoms with van der Waals surface area (Å²) < 4.78 is 0. The summed E-state index contributed by atoms with van der Waals surface area (Å²) in [6.45, 7) is 3.15. The van der Waals surface area contributed by atoms with Crippen LogP contribution < -0.4 is 5.73 Å². The van der Waals surface area contributed by atoms with Crippen LogP contribution in [0.25, 0.3) is 0 Å². The molecule has 0 aromatic carbocycles. The highest BCUT2D eigenvalue weighted by atomic mass is 14.5. The molecule has 0 atom stereocenters. The molecule has 1 heteroatoms. The van der Waals surface area contributed by atoms with Crippen molar-refractivity contribution in [2.24, 2.45) is 5.73 Å². The van der Waals surface area contributed by atoms with Crippen molar-refractivity contribution in [3.8, 4) is 0 Å². The molecule has 0 fully saturated rings. The van der Waals surface area contributed by atoms with E-state index in [2.05, 4.69) is 19.1 Å². The standard InChI is InChI=1S/C25H51N/c1-2-3-4-5-6-7-8-9-10-11-12-13-14-15-16-17-18-19-20-21-22-23-24-25-26/h19-20H,2-18,21-26H2,1H3. The lowest BCUT2D eigenvalue weighted by molar-refractivity contribution is 0.530. The summed E-state index contributed by atoms with van der Waals surface area (Å²) in [4.78, 5) is 0. The molecule has 1 nitrogen and oxygen atoms in total. The van der Waals surface area contributed by atoms with E-state index in [1.165, 1.54) is 135 Å². The molecule has 0 aliphatic rings. The molecule has 0 spiro atoms. The van der Waals surface area contributed by atoms with Gasteiger partial charge in [0.25, 0.3) is 0 Å². The number of hydrogen-bond donors (Lipinski definition) is 1. The SMILES string of the molecule is CCCCCCCCCCCCCCCCCCC=CCCCCCN. The van der Waals surface area contributed by atoms with Gasteiger partial charge in [-0.05, 0) is 38.6 Å². The van der Waals surface area contributed by atoms with Crippen LogP contribution in [0.15, 0.2) is 12.2 Å². The maximum Gasteiger partial charge on any atom is -0.00773 e. The highest BCUT2D eigenvalue weighted by Gasteiger charge is 1.94. The molecule has 0 rings (SSSR count). The van der Waals surface area contributed by atoms with Gasteiger partial charge in [-0.1, -0.05) is 122 Å². The average Bonchev–Trinajstić information content (AvgIpc) is 2.66. The summed E-state index contributed by atoms with van der Waals surface area (Å²) in [6.07, 6.45) is 34.4. The van der Waals surface area contributed by atoms with Crippen LogP contribution in [0, 0.1) is 0 Å². The van der Waals surface area contributed by atoms with Crippen LogP contribution in [0.5, 0.6) is 0 Å². The molecule has 0 saturated carbocycles. The molecule has 0 saturated heterocycles. The minimum absolute atomic E-state index is 0.850. The number of nitrogens with two attached hydrogens (primary N) is 1. The molecule has 0 aliphatic carbocycles. The molecule has 0 bridgehead atoms. The normalized spacial score (nSPS) is 11.6. The zero-order valence-electron chi connectivity index (χ0n) is 18.3. The Morgan fingerprint density at radius 2 is 0.731 bits per heavy atom. The molecule has 0 aromatic rings. The van der Waals surface area contributed by atoms with E-state index in [0.29, 0.717) is 0 Å². The zero-order valence-corrected chi connectivity index (χ0v) is 18.3. The van der Waals surface area contributed by atoms with Gasteiger partial charge < -0.3 is 5.73 Å². The van der Waals surface area contributed by atoms with Crippen LogP contribution >= 0.6 is 0 Å². The minimum atomic E-state index is 0.850. The van der Waals surface area contributed by atoms with Crippen LogP contribution in [0.1, 0.15) is 142 Å². The summed E-state index contributed by atoms with van der Waals surface area (Å²) >= 11 is 0. The Labute approximate surface area is 166 Å². The van der Waals surface area contributed by atoms with E-state index >= 15 is 0 Å². The summed E-state index contributed by atoms with van der Waals surface area (Å²) in [5, 5.41) is 0. The molecule has 156 valence electrons. The third-order valence-corrected chi connectivity index (χ3v) is 5.47. The zero-order chi connectivity index (χ0) is 19.0. The van der Waals surface area contributed by atoms with Crippen molar-refractivity contribution >= 4 is 0 Å². The first-order valence-corrected chi connectivity index (χ1v) is 12.3. The van der Waals surface area contributed by atoms with Crippen LogP contribution in [-0.2, 0) is 0 Å². The Kier molecular flexibility index (Phi) is 24.4. The van der Waals surface area contributed by atoms with Gasteiger partial charge >= 0.3 is 0 Å². The average molecular weight is 366 g/mol. The number of unbranched alkanes of at least 4 members (excludes halogenated alkanes) is 19. The van der Waals surface area contributed by atoms with E-state index in [-0.39, 0.29) is 0 Å². The van der Waals surface area contributed by atoms with Crippen LogP contribution in [0.3, 0.4) is 0 Å². The van der Waals surface area contributed by atoms with Gasteiger partial charge in [-0.2, -0.15) is 0 Å². The van der Waals surface area contributed by atoms with Crippen LogP contribution in [0.2, 0.25) is 0 Å². The molecule has 0 aromatic heterocycles. The second-order valence-corrected chi connectivity index (χ2v) is 8.20. The van der Waals surface area contributed by atoms with Crippen LogP contribution in [-0.4, -0.2) is 6.54 Å². The lowest BCUT2D eigenvalue weighted by Gasteiger charge is -2.03. The van der Waals surface area contributed by atoms with Crippen molar-refractivity contribution < 1.29 is 0 Å². The summed E-state index contributed by atoms with van der Waals surface area (Å²) in [7, 11) is 0. The predicted molar refractivity (Wildman–Crippen MR) is 121 cm³/mol. The largest absolute Gasteiger partial charge is 0.330 e. The molecule has 0 aliphatic heterocycles. The lowest BCUT2D eigenvalue weighted by Crippen LogP contribution is -1.97. The van der Waals surface area contributed by atoms with Crippen molar-refractivity contribution in [2.45, 2.75) is 142 Å². The lowest BCUT2D eigenvalue weighted by atomic mass is 10.0. The second kappa shape index (κ2) is 24.7. The number of hydrogen-bond acceptors (Lipinski definition) is 1. The van der Waals surface area contributed by atoms with E-state index in [1.54, 1.807) is 0 Å². The predicted octanol–water partition coefficient (Wildman–Crippen LogP) is 8.71. The van der Waals surface area contributed by atoms with E-state index in [1.807, 2.05) is 0 Å². The molecule has 2 N–H and O–H groups in total. The van der Waals surface area contributed by atoms with Crippen molar-refractivity contribution in [3.05, 3.63) is 12.2 Å². The smallest absolute Gasteiger partial charge is 0.00773 e. The van der Waals surface area contributed by atoms with E-state index in [9.17, 15) is 0 Å². The third kappa shape index (κ3) is 23.7. The van der Waals surface area contributed by atoms with E-state index in [0.717, 1.165) is 6.54 Å². The van der Waals surface area contributed by atoms with E-state index in [4.69, 9.17) is 5.73 Å². The second-order valence-electron chi connectivity index (χ2n) is 8.20. The monoisotopic (exact) mass is 365 g/mol. The maximum atomic E-state index is 5.50. The van der Waals surface area contributed by atoms with Crippen molar-refractivity contribution in [2.75, 3.05) is 6.54 Å². The summed E-state index contributed by atoms with van der Waals surface area (Å²) in [5.74, 6) is 0. The molecular weight excluding hydrogens is 314 g/mol. The Morgan fingerprint density at radius 3 is 1.08 bits per heavy atom. The third-order valence-electron chi connectivity index (χ3n) is 5.47. The molecular formula is C25H51N. The Bertz CT molecular complexity index is 259. The van der Waals surface area contributed by atoms with Gasteiger partial charge in [-0.15, -0.1) is 0 Å². The highest BCUT2D eigenvalue weighted by Crippen LogP contribution is 2.14. The van der Waals surface area contributed by atoms with Gasteiger partial charge in [-0.3, -0.25) is 0 Å². The first kappa shape index (κ1) is 25.7. The minimum Gasteiger partial charge on any atom is -0.330 e. The van der Waals surface area contributed by atoms with Gasteiger partial charge in [0.05, 0.1) is 0 Å². The number of rotatable bonds is 22. The molecule has 0 unspecified atom stereocenters. The van der Waals surface area contributed by atoms with Gasteiger partial charge in [0.2, 0.25) is 0 Å². The molecule has 0 amide bonds.